The van der Waals surface area contributed by atoms with Crippen LogP contribution in [0.3, 0.4) is 0 Å². The molecular weight excluding hydrogens is 398 g/mol. The molecule has 1 aromatic heterocycles. The first-order valence-corrected chi connectivity index (χ1v) is 10.4. The van der Waals surface area contributed by atoms with Gasteiger partial charge in [0, 0.05) is 12.1 Å². The molecule has 0 spiro atoms. The lowest BCUT2D eigenvalue weighted by Gasteiger charge is -2.29. The smallest absolute Gasteiger partial charge is 0.331 e. The predicted molar refractivity (Wildman–Crippen MR) is 114 cm³/mol. The van der Waals surface area contributed by atoms with Crippen molar-refractivity contribution in [2.24, 2.45) is 5.92 Å². The largest absolute Gasteiger partial charge is 0.452 e. The van der Waals surface area contributed by atoms with Gasteiger partial charge in [-0.05, 0) is 30.4 Å². The molecule has 2 atom stereocenters. The minimum Gasteiger partial charge on any atom is -0.452 e. The lowest BCUT2D eigenvalue weighted by molar-refractivity contribution is -0.143. The zero-order chi connectivity index (χ0) is 22.1. The van der Waals surface area contributed by atoms with Crippen molar-refractivity contribution in [2.45, 2.75) is 45.2 Å². The molecule has 0 aliphatic heterocycles. The molecule has 9 heteroatoms. The van der Waals surface area contributed by atoms with Crippen LogP contribution >= 0.6 is 0 Å². The maximum atomic E-state index is 11.9. The summed E-state index contributed by atoms with van der Waals surface area (Å²) in [4.78, 5) is 35.6. The number of nitrogens with zero attached hydrogens (tertiary/aromatic N) is 3. The third-order valence-electron chi connectivity index (χ3n) is 5.16. The summed E-state index contributed by atoms with van der Waals surface area (Å²) >= 11 is 0. The molecule has 1 heterocycles. The number of carbonyl (C=O) groups excluding carboxylic acids is 3. The quantitative estimate of drug-likeness (QED) is 0.519. The number of esters is 1. The number of hydrogen-bond acceptors (Lipinski definition) is 6. The Morgan fingerprint density at radius 3 is 2.74 bits per heavy atom. The first-order valence-electron chi connectivity index (χ1n) is 10.4. The summed E-state index contributed by atoms with van der Waals surface area (Å²) in [5, 5.41) is 13.0. The molecule has 2 N–H and O–H groups in total. The Bertz CT molecular complexity index is 925. The average molecular weight is 425 g/mol. The van der Waals surface area contributed by atoms with Crippen molar-refractivity contribution >= 4 is 24.0 Å². The SMILES string of the molecule is C[C@@H]1CCCC[C@@H]1NC(=O)NC(=O)COC(=O)/C=C/c1cn(Cc2ccccc2)nn1. The Morgan fingerprint density at radius 1 is 1.19 bits per heavy atom. The van der Waals surface area contributed by atoms with E-state index in [-0.39, 0.29) is 6.04 Å². The minimum atomic E-state index is -0.714. The predicted octanol–water partition coefficient (Wildman–Crippen LogP) is 2.29. The van der Waals surface area contributed by atoms with E-state index < -0.39 is 24.5 Å². The molecule has 0 bridgehead atoms. The second-order valence-electron chi connectivity index (χ2n) is 7.66. The lowest BCUT2D eigenvalue weighted by Crippen LogP contribution is -2.48. The van der Waals surface area contributed by atoms with E-state index in [9.17, 15) is 14.4 Å². The Balaban J connectivity index is 1.38. The van der Waals surface area contributed by atoms with E-state index in [0.717, 1.165) is 37.3 Å². The van der Waals surface area contributed by atoms with E-state index in [1.165, 1.54) is 6.08 Å². The van der Waals surface area contributed by atoms with Crippen LogP contribution in [0, 0.1) is 5.92 Å². The van der Waals surface area contributed by atoms with Crippen LogP contribution < -0.4 is 10.6 Å². The van der Waals surface area contributed by atoms with Gasteiger partial charge in [0.05, 0.1) is 12.7 Å². The fourth-order valence-corrected chi connectivity index (χ4v) is 3.47. The van der Waals surface area contributed by atoms with Crippen LogP contribution in [0.2, 0.25) is 0 Å². The highest BCUT2D eigenvalue weighted by Gasteiger charge is 2.23. The standard InChI is InChI=1S/C22H27N5O4/c1-16-7-5-6-10-19(16)23-22(30)24-20(28)15-31-21(29)12-11-18-14-27(26-25-18)13-17-8-3-2-4-9-17/h2-4,8-9,11-12,14,16,19H,5-7,10,13,15H2,1H3,(H2,23,24,28,30)/b12-11+/t16-,19+/m1/s1. The molecule has 1 aromatic carbocycles. The van der Waals surface area contributed by atoms with Crippen molar-refractivity contribution in [3.8, 4) is 0 Å². The topological polar surface area (TPSA) is 115 Å². The van der Waals surface area contributed by atoms with Crippen molar-refractivity contribution in [1.82, 2.24) is 25.6 Å². The summed E-state index contributed by atoms with van der Waals surface area (Å²) in [6.07, 6.45) is 8.49. The molecule has 1 fully saturated rings. The maximum absolute atomic E-state index is 11.9. The van der Waals surface area contributed by atoms with Crippen LogP contribution in [0.25, 0.3) is 6.08 Å². The van der Waals surface area contributed by atoms with E-state index in [4.69, 9.17) is 4.74 Å². The molecule has 1 saturated carbocycles. The van der Waals surface area contributed by atoms with Crippen LogP contribution in [0.15, 0.2) is 42.6 Å². The Kier molecular flexibility index (Phi) is 7.91. The molecule has 0 radical (unpaired) electrons. The molecule has 9 nitrogen and oxygen atoms in total. The van der Waals surface area contributed by atoms with E-state index in [2.05, 4.69) is 27.9 Å². The fraction of sp³-hybridized carbons (Fsp3) is 0.409. The number of hydrogen-bond donors (Lipinski definition) is 2. The highest BCUT2D eigenvalue weighted by Crippen LogP contribution is 2.23. The number of aromatic nitrogens is 3. The third kappa shape index (κ3) is 7.36. The highest BCUT2D eigenvalue weighted by molar-refractivity contribution is 5.96. The maximum Gasteiger partial charge on any atom is 0.331 e. The normalized spacial score (nSPS) is 18.5. The number of imide groups is 1. The van der Waals surface area contributed by atoms with Crippen LogP contribution in [0.5, 0.6) is 0 Å². The summed E-state index contributed by atoms with van der Waals surface area (Å²) in [7, 11) is 0. The van der Waals surface area contributed by atoms with Gasteiger partial charge in [-0.15, -0.1) is 5.10 Å². The Labute approximate surface area is 180 Å². The van der Waals surface area contributed by atoms with E-state index in [1.54, 1.807) is 10.9 Å². The molecule has 2 aromatic rings. The Morgan fingerprint density at radius 2 is 1.97 bits per heavy atom. The van der Waals surface area contributed by atoms with E-state index in [1.807, 2.05) is 30.3 Å². The molecule has 164 valence electrons. The Hall–Kier alpha value is -3.49. The van der Waals surface area contributed by atoms with Crippen LogP contribution in [0.1, 0.15) is 43.9 Å². The summed E-state index contributed by atoms with van der Waals surface area (Å²) in [6.45, 7) is 2.10. The van der Waals surface area contributed by atoms with E-state index >= 15 is 0 Å². The third-order valence-corrected chi connectivity index (χ3v) is 5.16. The summed E-state index contributed by atoms with van der Waals surface area (Å²) in [5.41, 5.74) is 1.56. The molecular formula is C22H27N5O4. The molecule has 31 heavy (non-hydrogen) atoms. The molecule has 0 unspecified atom stereocenters. The second kappa shape index (κ2) is 11.1. The van der Waals surface area contributed by atoms with Gasteiger partial charge in [-0.1, -0.05) is 55.3 Å². The zero-order valence-electron chi connectivity index (χ0n) is 17.5. The van der Waals surface area contributed by atoms with Gasteiger partial charge < -0.3 is 10.1 Å². The summed E-state index contributed by atoms with van der Waals surface area (Å²) in [5.74, 6) is -1.02. The molecule has 3 amide bonds. The van der Waals surface area contributed by atoms with Gasteiger partial charge in [0.2, 0.25) is 0 Å². The van der Waals surface area contributed by atoms with Gasteiger partial charge in [-0.25, -0.2) is 14.3 Å². The van der Waals surface area contributed by atoms with Crippen LogP contribution in [-0.2, 0) is 20.9 Å². The van der Waals surface area contributed by atoms with E-state index in [0.29, 0.717) is 18.2 Å². The van der Waals surface area contributed by atoms with Crippen molar-refractivity contribution in [1.29, 1.82) is 0 Å². The van der Waals surface area contributed by atoms with Crippen molar-refractivity contribution in [3.63, 3.8) is 0 Å². The average Bonchev–Trinajstić information content (AvgIpc) is 3.20. The van der Waals surface area contributed by atoms with Gasteiger partial charge in [-0.2, -0.15) is 0 Å². The van der Waals surface area contributed by atoms with Crippen LogP contribution in [-0.4, -0.2) is 45.6 Å². The number of benzene rings is 1. The summed E-state index contributed by atoms with van der Waals surface area (Å²) in [6, 6.07) is 9.28. The zero-order valence-corrected chi connectivity index (χ0v) is 17.5. The molecule has 3 rings (SSSR count). The van der Waals surface area contributed by atoms with Crippen molar-refractivity contribution < 1.29 is 19.1 Å². The van der Waals surface area contributed by atoms with Crippen LogP contribution in [0.4, 0.5) is 4.79 Å². The molecule has 1 aliphatic carbocycles. The number of carbonyl (C=O) groups is 3. The van der Waals surface area contributed by atoms with Gasteiger partial charge in [0.15, 0.2) is 6.61 Å². The van der Waals surface area contributed by atoms with Gasteiger partial charge in [0.1, 0.15) is 5.69 Å². The number of amides is 3. The number of urea groups is 1. The summed E-state index contributed by atoms with van der Waals surface area (Å²) < 4.78 is 6.52. The number of nitrogens with one attached hydrogen (secondary N) is 2. The number of ether oxygens (including phenoxy) is 1. The second-order valence-corrected chi connectivity index (χ2v) is 7.66. The van der Waals surface area contributed by atoms with Gasteiger partial charge >= 0.3 is 12.0 Å². The highest BCUT2D eigenvalue weighted by atomic mass is 16.5. The first-order chi connectivity index (χ1) is 15.0. The minimum absolute atomic E-state index is 0.0577. The van der Waals surface area contributed by atoms with Crippen molar-refractivity contribution in [2.75, 3.05) is 6.61 Å². The van der Waals surface area contributed by atoms with Gasteiger partial charge in [0.25, 0.3) is 5.91 Å². The first kappa shape index (κ1) is 22.2. The molecule has 0 saturated heterocycles. The van der Waals surface area contributed by atoms with Crippen molar-refractivity contribution in [3.05, 3.63) is 53.9 Å². The molecule has 1 aliphatic rings. The van der Waals surface area contributed by atoms with Gasteiger partial charge in [-0.3, -0.25) is 10.1 Å². The monoisotopic (exact) mass is 425 g/mol. The lowest BCUT2D eigenvalue weighted by atomic mass is 9.86. The number of rotatable bonds is 7. The fourth-order valence-electron chi connectivity index (χ4n) is 3.47.